The van der Waals surface area contributed by atoms with Crippen molar-refractivity contribution in [3.05, 3.63) is 108 Å². The fraction of sp³-hybridized carbons (Fsp3) is 0.0385. The summed E-state index contributed by atoms with van der Waals surface area (Å²) in [6.07, 6.45) is 3.80. The maximum absolute atomic E-state index is 13.8. The lowest BCUT2D eigenvalue weighted by atomic mass is 10.0. The van der Waals surface area contributed by atoms with Crippen LogP contribution in [0.15, 0.2) is 89.3 Å². The van der Waals surface area contributed by atoms with Crippen molar-refractivity contribution >= 4 is 17.8 Å². The normalized spacial score (nSPS) is 11.2. The van der Waals surface area contributed by atoms with Crippen molar-refractivity contribution in [1.82, 2.24) is 0 Å². The molecule has 3 aromatic carbocycles. The molecule has 0 aliphatic heterocycles. The molecule has 4 aromatic rings. The van der Waals surface area contributed by atoms with Crippen molar-refractivity contribution in [2.24, 2.45) is 0 Å². The van der Waals surface area contributed by atoms with E-state index in [9.17, 15) is 8.78 Å². The summed E-state index contributed by atoms with van der Waals surface area (Å²) in [5.41, 5.74) is 4.31. The Morgan fingerprint density at radius 1 is 0.700 bits per heavy atom. The quantitative estimate of drug-likeness (QED) is 0.314. The van der Waals surface area contributed by atoms with Crippen molar-refractivity contribution < 1.29 is 18.5 Å². The Bertz CT molecular complexity index is 1140. The Kier molecular flexibility index (Phi) is 5.77. The molecule has 0 amide bonds. The SMILES string of the molecule is C[NH2+]c1ccc(/C=C/c2cc(-c3cccc(F)c3)cc(-c3cccc(F)c3)[o+]2)cc1. The van der Waals surface area contributed by atoms with Crippen LogP contribution in [0.25, 0.3) is 34.6 Å². The molecule has 2 nitrogen and oxygen atoms in total. The summed E-state index contributed by atoms with van der Waals surface area (Å²) in [6.45, 7) is 0. The number of hydrogen-bond donors (Lipinski definition) is 1. The predicted molar refractivity (Wildman–Crippen MR) is 117 cm³/mol. The first-order chi connectivity index (χ1) is 14.6. The topological polar surface area (TPSA) is 27.9 Å². The highest BCUT2D eigenvalue weighted by Crippen LogP contribution is 2.30. The van der Waals surface area contributed by atoms with Crippen molar-refractivity contribution in [1.29, 1.82) is 0 Å². The second kappa shape index (κ2) is 8.80. The Hall–Kier alpha value is -3.63. The summed E-state index contributed by atoms with van der Waals surface area (Å²) in [5, 5.41) is 2.04. The lowest BCUT2D eigenvalue weighted by Gasteiger charge is -2.01. The summed E-state index contributed by atoms with van der Waals surface area (Å²) in [4.78, 5) is 0. The van der Waals surface area contributed by atoms with E-state index in [1.807, 2.05) is 60.9 Å². The van der Waals surface area contributed by atoms with Gasteiger partial charge in [0.1, 0.15) is 17.3 Å². The molecule has 0 radical (unpaired) electrons. The molecule has 0 saturated carbocycles. The monoisotopic (exact) mass is 401 g/mol. The van der Waals surface area contributed by atoms with E-state index in [-0.39, 0.29) is 11.6 Å². The van der Waals surface area contributed by atoms with Crippen LogP contribution in [0.3, 0.4) is 0 Å². The molecule has 1 aromatic heterocycles. The van der Waals surface area contributed by atoms with Crippen molar-refractivity contribution in [2.45, 2.75) is 0 Å². The number of rotatable bonds is 5. The smallest absolute Gasteiger partial charge is 0.316 e. The van der Waals surface area contributed by atoms with Crippen LogP contribution in [0, 0.1) is 11.6 Å². The fourth-order valence-electron chi connectivity index (χ4n) is 3.20. The highest BCUT2D eigenvalue weighted by atomic mass is 19.1. The van der Waals surface area contributed by atoms with Crippen molar-refractivity contribution in [2.75, 3.05) is 7.05 Å². The summed E-state index contributed by atoms with van der Waals surface area (Å²) in [6, 6.07) is 24.4. The molecule has 0 aliphatic rings. The molecular formula is C26H21F2NO+2. The number of benzene rings is 3. The summed E-state index contributed by atoms with van der Waals surface area (Å²) in [7, 11) is 2.00. The first-order valence-electron chi connectivity index (χ1n) is 9.68. The van der Waals surface area contributed by atoms with E-state index in [1.165, 1.54) is 24.3 Å². The standard InChI is InChI=1S/C26H20F2NO/c1-29-24-11-8-18(9-12-24)10-13-25-16-21(19-4-2-6-22(27)14-19)17-26(30-25)20-5-3-7-23(28)15-20/h2-17,29H,1H3/q+1/p+1/b13-10+. The molecule has 0 unspecified atom stereocenters. The first kappa shape index (κ1) is 19.7. The van der Waals surface area contributed by atoms with Crippen molar-refractivity contribution in [3.8, 4) is 22.5 Å². The van der Waals surface area contributed by atoms with E-state index in [1.54, 1.807) is 24.3 Å². The van der Waals surface area contributed by atoms with Gasteiger partial charge in [0.15, 0.2) is 0 Å². The minimum Gasteiger partial charge on any atom is -0.316 e. The first-order valence-corrected chi connectivity index (χ1v) is 9.68. The summed E-state index contributed by atoms with van der Waals surface area (Å²) < 4.78 is 33.5. The summed E-state index contributed by atoms with van der Waals surface area (Å²) in [5.74, 6) is 0.434. The minimum absolute atomic E-state index is 0.314. The number of hydrogen-bond acceptors (Lipinski definition) is 0. The second-order valence-corrected chi connectivity index (χ2v) is 6.92. The second-order valence-electron chi connectivity index (χ2n) is 6.92. The van der Waals surface area contributed by atoms with Crippen LogP contribution in [0.4, 0.5) is 14.5 Å². The largest absolute Gasteiger partial charge is 0.361 e. The van der Waals surface area contributed by atoms with Gasteiger partial charge in [0.25, 0.3) is 0 Å². The molecule has 148 valence electrons. The third-order valence-electron chi connectivity index (χ3n) is 4.79. The Balaban J connectivity index is 1.77. The zero-order chi connectivity index (χ0) is 20.9. The van der Waals surface area contributed by atoms with Crippen LogP contribution in [0.5, 0.6) is 0 Å². The van der Waals surface area contributed by atoms with Crippen LogP contribution in [0.2, 0.25) is 0 Å². The van der Waals surface area contributed by atoms with E-state index in [2.05, 4.69) is 0 Å². The fourth-order valence-corrected chi connectivity index (χ4v) is 3.20. The number of halogens is 2. The van der Waals surface area contributed by atoms with E-state index >= 15 is 0 Å². The zero-order valence-electron chi connectivity index (χ0n) is 16.5. The minimum atomic E-state index is -0.344. The van der Waals surface area contributed by atoms with Gasteiger partial charge in [-0.05, 0) is 71.8 Å². The third kappa shape index (κ3) is 4.67. The van der Waals surface area contributed by atoms with Crippen LogP contribution < -0.4 is 5.32 Å². The predicted octanol–water partition coefficient (Wildman–Crippen LogP) is 6.17. The zero-order valence-corrected chi connectivity index (χ0v) is 16.5. The third-order valence-corrected chi connectivity index (χ3v) is 4.79. The van der Waals surface area contributed by atoms with Gasteiger partial charge >= 0.3 is 11.5 Å². The van der Waals surface area contributed by atoms with Gasteiger partial charge in [-0.15, -0.1) is 0 Å². The van der Waals surface area contributed by atoms with Crippen molar-refractivity contribution in [3.63, 3.8) is 0 Å². The van der Waals surface area contributed by atoms with Gasteiger partial charge in [-0.3, -0.25) is 0 Å². The molecule has 0 saturated heterocycles. The van der Waals surface area contributed by atoms with Crippen LogP contribution in [-0.4, -0.2) is 7.05 Å². The Morgan fingerprint density at radius 3 is 2.03 bits per heavy atom. The molecule has 0 atom stereocenters. The number of nitrogens with two attached hydrogens (primary N) is 1. The molecule has 1 heterocycles. The molecule has 4 heteroatoms. The molecule has 0 spiro atoms. The average molecular weight is 401 g/mol. The van der Waals surface area contributed by atoms with Gasteiger partial charge in [0, 0.05) is 11.6 Å². The molecule has 0 aliphatic carbocycles. The lowest BCUT2D eigenvalue weighted by Crippen LogP contribution is -2.72. The van der Waals surface area contributed by atoms with E-state index in [0.717, 1.165) is 22.4 Å². The van der Waals surface area contributed by atoms with E-state index in [0.29, 0.717) is 17.1 Å². The Labute approximate surface area is 174 Å². The molecule has 0 bridgehead atoms. The van der Waals surface area contributed by atoms with Crippen LogP contribution in [0.1, 0.15) is 11.3 Å². The van der Waals surface area contributed by atoms with Gasteiger partial charge in [-0.2, -0.15) is 0 Å². The molecule has 2 N–H and O–H groups in total. The van der Waals surface area contributed by atoms with Gasteiger partial charge in [-0.25, -0.2) is 13.2 Å². The highest BCUT2D eigenvalue weighted by Gasteiger charge is 2.18. The highest BCUT2D eigenvalue weighted by molar-refractivity contribution is 5.75. The molecule has 30 heavy (non-hydrogen) atoms. The van der Waals surface area contributed by atoms with E-state index < -0.39 is 0 Å². The summed E-state index contributed by atoms with van der Waals surface area (Å²) >= 11 is 0. The average Bonchev–Trinajstić information content (AvgIpc) is 2.78. The van der Waals surface area contributed by atoms with Gasteiger partial charge in [0.05, 0.1) is 24.7 Å². The van der Waals surface area contributed by atoms with Crippen LogP contribution in [-0.2, 0) is 0 Å². The van der Waals surface area contributed by atoms with Gasteiger partial charge < -0.3 is 5.32 Å². The number of quaternary nitrogens is 1. The van der Waals surface area contributed by atoms with Gasteiger partial charge in [-0.1, -0.05) is 18.2 Å². The maximum Gasteiger partial charge on any atom is 0.361 e. The van der Waals surface area contributed by atoms with Crippen LogP contribution >= 0.6 is 0 Å². The van der Waals surface area contributed by atoms with Gasteiger partial charge in [0.2, 0.25) is 0 Å². The Morgan fingerprint density at radius 2 is 1.37 bits per heavy atom. The molecule has 4 rings (SSSR count). The lowest BCUT2D eigenvalue weighted by molar-refractivity contribution is -0.539. The van der Waals surface area contributed by atoms with E-state index in [4.69, 9.17) is 4.42 Å². The molecule has 0 fully saturated rings. The maximum atomic E-state index is 13.8. The molecular weight excluding hydrogens is 380 g/mol.